The highest BCUT2D eigenvalue weighted by atomic mass is 35.5. The van der Waals surface area contributed by atoms with Crippen molar-refractivity contribution < 1.29 is 14.5 Å². The maximum absolute atomic E-state index is 12.7. The maximum Gasteiger partial charge on any atom is 0.271 e. The minimum Gasteiger partial charge on any atom is -0.495 e. The summed E-state index contributed by atoms with van der Waals surface area (Å²) >= 11 is 7.44. The summed E-state index contributed by atoms with van der Waals surface area (Å²) in [5.41, 5.74) is 0.808. The second kappa shape index (κ2) is 9.14. The minimum atomic E-state index is -0.559. The van der Waals surface area contributed by atoms with Crippen LogP contribution in [-0.2, 0) is 11.8 Å². The third-order valence-electron chi connectivity index (χ3n) is 4.25. The summed E-state index contributed by atoms with van der Waals surface area (Å²) in [6, 6.07) is 11.3. The van der Waals surface area contributed by atoms with Crippen molar-refractivity contribution in [2.75, 3.05) is 12.4 Å². The van der Waals surface area contributed by atoms with Crippen LogP contribution in [0, 0.1) is 10.1 Å². The molecule has 1 atom stereocenters. The van der Waals surface area contributed by atoms with E-state index < -0.39 is 10.2 Å². The molecule has 0 fully saturated rings. The average Bonchev–Trinajstić information content (AvgIpc) is 3.08. The fraction of sp³-hybridized carbons (Fsp3) is 0.211. The van der Waals surface area contributed by atoms with Gasteiger partial charge in [0, 0.05) is 24.7 Å². The molecule has 0 aliphatic carbocycles. The summed E-state index contributed by atoms with van der Waals surface area (Å²) < 4.78 is 6.93. The van der Waals surface area contributed by atoms with Crippen LogP contribution in [0.1, 0.15) is 6.92 Å². The van der Waals surface area contributed by atoms with Crippen LogP contribution in [0.5, 0.6) is 5.75 Å². The molecule has 156 valence electrons. The summed E-state index contributed by atoms with van der Waals surface area (Å²) in [6.07, 6.45) is 0. The molecule has 0 spiro atoms. The molecule has 0 saturated heterocycles. The van der Waals surface area contributed by atoms with Gasteiger partial charge in [-0.1, -0.05) is 35.5 Å². The second-order valence-corrected chi connectivity index (χ2v) is 7.95. The standard InChI is InChI=1S/C19H18ClN5O4S/c1-11(18(26)21-15-10-12(25(27)28)8-9-16(15)29-3)30-19-23-22-17(24(19)2)13-6-4-5-7-14(13)20/h4-11H,1-3H3,(H,21,26)/t11-/m1/s1. The number of nitrogens with zero attached hydrogens (tertiary/aromatic N) is 4. The topological polar surface area (TPSA) is 112 Å². The van der Waals surface area contributed by atoms with Crippen molar-refractivity contribution in [3.63, 3.8) is 0 Å². The van der Waals surface area contributed by atoms with Gasteiger partial charge in [0.1, 0.15) is 5.75 Å². The highest BCUT2D eigenvalue weighted by molar-refractivity contribution is 8.00. The van der Waals surface area contributed by atoms with Crippen molar-refractivity contribution >= 4 is 40.6 Å². The number of aromatic nitrogens is 3. The van der Waals surface area contributed by atoms with Gasteiger partial charge in [-0.25, -0.2) is 0 Å². The number of halogens is 1. The van der Waals surface area contributed by atoms with Gasteiger partial charge in [0.05, 0.1) is 28.0 Å². The van der Waals surface area contributed by atoms with Crippen molar-refractivity contribution in [3.05, 3.63) is 57.6 Å². The van der Waals surface area contributed by atoms with Crippen molar-refractivity contribution in [2.45, 2.75) is 17.3 Å². The number of hydrogen-bond acceptors (Lipinski definition) is 7. The summed E-state index contributed by atoms with van der Waals surface area (Å²) in [5.74, 6) is 0.544. The van der Waals surface area contributed by atoms with Gasteiger partial charge in [-0.2, -0.15) is 0 Å². The number of methoxy groups -OCH3 is 1. The second-order valence-electron chi connectivity index (χ2n) is 6.24. The predicted molar refractivity (Wildman–Crippen MR) is 115 cm³/mol. The van der Waals surface area contributed by atoms with Crippen molar-refractivity contribution in [3.8, 4) is 17.1 Å². The summed E-state index contributed by atoms with van der Waals surface area (Å²) in [5, 5.41) is 22.5. The van der Waals surface area contributed by atoms with Gasteiger partial charge < -0.3 is 14.6 Å². The van der Waals surface area contributed by atoms with Gasteiger partial charge in [-0.3, -0.25) is 14.9 Å². The van der Waals surface area contributed by atoms with Gasteiger partial charge in [-0.15, -0.1) is 10.2 Å². The number of carbonyl (C=O) groups excluding carboxylic acids is 1. The smallest absolute Gasteiger partial charge is 0.271 e. The summed E-state index contributed by atoms with van der Waals surface area (Å²) in [4.78, 5) is 23.1. The monoisotopic (exact) mass is 447 g/mol. The molecule has 1 amide bonds. The van der Waals surface area contributed by atoms with Gasteiger partial charge in [0.25, 0.3) is 5.69 Å². The van der Waals surface area contributed by atoms with E-state index in [0.29, 0.717) is 21.8 Å². The van der Waals surface area contributed by atoms with E-state index in [-0.39, 0.29) is 17.3 Å². The Morgan fingerprint density at radius 2 is 2.03 bits per heavy atom. The number of nitro groups is 1. The Hall–Kier alpha value is -3.11. The average molecular weight is 448 g/mol. The van der Waals surface area contributed by atoms with Crippen LogP contribution >= 0.6 is 23.4 Å². The Kier molecular flexibility index (Phi) is 6.58. The quantitative estimate of drug-likeness (QED) is 0.328. The SMILES string of the molecule is COc1ccc([N+](=O)[O-])cc1NC(=O)[C@@H](C)Sc1nnc(-c2ccccc2Cl)n1C. The van der Waals surface area contributed by atoms with E-state index in [0.717, 1.165) is 5.56 Å². The number of amides is 1. The van der Waals surface area contributed by atoms with E-state index in [2.05, 4.69) is 15.5 Å². The van der Waals surface area contributed by atoms with Crippen LogP contribution in [0.4, 0.5) is 11.4 Å². The molecular weight excluding hydrogens is 430 g/mol. The number of ether oxygens (including phenoxy) is 1. The van der Waals surface area contributed by atoms with E-state index in [1.54, 1.807) is 24.6 Å². The van der Waals surface area contributed by atoms with Gasteiger partial charge in [0.2, 0.25) is 5.91 Å². The zero-order valence-corrected chi connectivity index (χ0v) is 17.9. The molecule has 1 heterocycles. The van der Waals surface area contributed by atoms with Crippen LogP contribution < -0.4 is 10.1 Å². The number of non-ortho nitro benzene ring substituents is 1. The molecule has 1 aromatic heterocycles. The Balaban J connectivity index is 1.77. The maximum atomic E-state index is 12.7. The van der Waals surface area contributed by atoms with Crippen LogP contribution in [0.2, 0.25) is 5.02 Å². The van der Waals surface area contributed by atoms with Crippen molar-refractivity contribution in [2.24, 2.45) is 7.05 Å². The lowest BCUT2D eigenvalue weighted by Gasteiger charge is -2.14. The zero-order chi connectivity index (χ0) is 21.8. The highest BCUT2D eigenvalue weighted by Crippen LogP contribution is 2.32. The Morgan fingerprint density at radius 1 is 1.30 bits per heavy atom. The normalized spacial score (nSPS) is 11.7. The van der Waals surface area contributed by atoms with Crippen LogP contribution in [0.3, 0.4) is 0 Å². The predicted octanol–water partition coefficient (Wildman–Crippen LogP) is 4.17. The molecule has 11 heteroatoms. The number of benzene rings is 2. The van der Waals surface area contributed by atoms with Gasteiger partial charge >= 0.3 is 0 Å². The first kappa shape index (κ1) is 21.6. The molecule has 3 aromatic rings. The largest absolute Gasteiger partial charge is 0.495 e. The van der Waals surface area contributed by atoms with E-state index in [4.69, 9.17) is 16.3 Å². The van der Waals surface area contributed by atoms with Crippen molar-refractivity contribution in [1.29, 1.82) is 0 Å². The summed E-state index contributed by atoms with van der Waals surface area (Å²) in [6.45, 7) is 1.70. The van der Waals surface area contributed by atoms with E-state index in [9.17, 15) is 14.9 Å². The number of rotatable bonds is 7. The molecule has 0 aliphatic heterocycles. The van der Waals surface area contributed by atoms with Crippen LogP contribution in [0.15, 0.2) is 47.6 Å². The first-order valence-electron chi connectivity index (χ1n) is 8.76. The molecule has 3 rings (SSSR count). The highest BCUT2D eigenvalue weighted by Gasteiger charge is 2.22. The number of anilines is 1. The molecule has 0 bridgehead atoms. The Labute approximate surface area is 181 Å². The van der Waals surface area contributed by atoms with Crippen LogP contribution in [0.25, 0.3) is 11.4 Å². The van der Waals surface area contributed by atoms with Crippen molar-refractivity contribution in [1.82, 2.24) is 14.8 Å². The number of thioether (sulfide) groups is 1. The lowest BCUT2D eigenvalue weighted by molar-refractivity contribution is -0.384. The molecule has 1 N–H and O–H groups in total. The first-order chi connectivity index (χ1) is 14.3. The molecule has 2 aromatic carbocycles. The van der Waals surface area contributed by atoms with Crippen LogP contribution in [-0.4, -0.2) is 38.0 Å². The number of carbonyl (C=O) groups is 1. The first-order valence-corrected chi connectivity index (χ1v) is 10.0. The fourth-order valence-corrected chi connectivity index (χ4v) is 3.68. The number of nitrogens with one attached hydrogen (secondary N) is 1. The summed E-state index contributed by atoms with van der Waals surface area (Å²) in [7, 11) is 3.21. The third kappa shape index (κ3) is 4.55. The molecule has 0 saturated carbocycles. The van der Waals surface area contributed by atoms with E-state index in [1.165, 1.54) is 37.1 Å². The zero-order valence-electron chi connectivity index (χ0n) is 16.3. The third-order valence-corrected chi connectivity index (χ3v) is 5.72. The number of nitro benzene ring substituents is 1. The lowest BCUT2D eigenvalue weighted by Crippen LogP contribution is -2.23. The van der Waals surface area contributed by atoms with E-state index in [1.807, 2.05) is 18.2 Å². The molecule has 30 heavy (non-hydrogen) atoms. The molecule has 9 nitrogen and oxygen atoms in total. The van der Waals surface area contributed by atoms with E-state index >= 15 is 0 Å². The Bertz CT molecular complexity index is 1100. The minimum absolute atomic E-state index is 0.149. The molecule has 0 unspecified atom stereocenters. The number of hydrogen-bond donors (Lipinski definition) is 1. The molecular formula is C19H18ClN5O4S. The lowest BCUT2D eigenvalue weighted by atomic mass is 10.2. The fourth-order valence-electron chi connectivity index (χ4n) is 2.65. The Morgan fingerprint density at radius 3 is 2.70 bits per heavy atom. The van der Waals surface area contributed by atoms with Gasteiger partial charge in [0.15, 0.2) is 11.0 Å². The molecule has 0 radical (unpaired) electrons. The molecule has 0 aliphatic rings. The van der Waals surface area contributed by atoms with Gasteiger partial charge in [-0.05, 0) is 25.1 Å².